The first-order valence-corrected chi connectivity index (χ1v) is 6.78. The Balaban J connectivity index is 2.13. The zero-order valence-electron chi connectivity index (χ0n) is 9.55. The first kappa shape index (κ1) is 12.4. The zero-order chi connectivity index (χ0) is 12.3. The van der Waals surface area contributed by atoms with Gasteiger partial charge in [0.1, 0.15) is 12.1 Å². The Morgan fingerprint density at radius 2 is 2.29 bits per heavy atom. The molecule has 2 aromatic rings. The lowest BCUT2D eigenvalue weighted by Gasteiger charge is -2.08. The molecule has 0 atom stereocenters. The van der Waals surface area contributed by atoms with E-state index >= 15 is 0 Å². The molecule has 4 nitrogen and oxygen atoms in total. The van der Waals surface area contributed by atoms with Crippen LogP contribution in [0.5, 0.6) is 5.75 Å². The topological polar surface area (TPSA) is 39.9 Å². The quantitative estimate of drug-likeness (QED) is 0.814. The maximum Gasteiger partial charge on any atom is 0.186 e. The number of halogens is 1. The van der Waals surface area contributed by atoms with Crippen molar-refractivity contribution in [2.75, 3.05) is 7.11 Å². The van der Waals surface area contributed by atoms with E-state index in [4.69, 9.17) is 4.74 Å². The highest BCUT2D eigenvalue weighted by Crippen LogP contribution is 2.28. The lowest BCUT2D eigenvalue weighted by Crippen LogP contribution is -1.94. The minimum Gasteiger partial charge on any atom is -0.496 e. The number of methoxy groups -OCH3 is 1. The van der Waals surface area contributed by atoms with Crippen molar-refractivity contribution in [2.45, 2.75) is 10.9 Å². The average Bonchev–Trinajstić information content (AvgIpc) is 2.72. The molecule has 2 rings (SSSR count). The normalized spacial score (nSPS) is 10.5. The Labute approximate surface area is 113 Å². The molecule has 0 aliphatic rings. The van der Waals surface area contributed by atoms with Crippen LogP contribution in [0.25, 0.3) is 0 Å². The minimum atomic E-state index is 0.801. The molecule has 17 heavy (non-hydrogen) atoms. The Morgan fingerprint density at radius 3 is 2.94 bits per heavy atom. The van der Waals surface area contributed by atoms with Gasteiger partial charge >= 0.3 is 0 Å². The van der Waals surface area contributed by atoms with E-state index < -0.39 is 0 Å². The van der Waals surface area contributed by atoms with Gasteiger partial charge in [-0.25, -0.2) is 9.67 Å². The van der Waals surface area contributed by atoms with Gasteiger partial charge in [0.15, 0.2) is 5.16 Å². The summed E-state index contributed by atoms with van der Waals surface area (Å²) in [6.45, 7) is 0. The predicted octanol–water partition coefficient (Wildman–Crippen LogP) is 2.88. The summed E-state index contributed by atoms with van der Waals surface area (Å²) in [6.07, 6.45) is 1.56. The molecule has 0 saturated carbocycles. The highest BCUT2D eigenvalue weighted by molar-refractivity contribution is 9.10. The second-order valence-corrected chi connectivity index (χ2v) is 5.27. The van der Waals surface area contributed by atoms with Gasteiger partial charge in [-0.05, 0) is 18.2 Å². The molecular formula is C11H12BrN3OS. The smallest absolute Gasteiger partial charge is 0.186 e. The summed E-state index contributed by atoms with van der Waals surface area (Å²) in [5.74, 6) is 1.69. The number of aryl methyl sites for hydroxylation is 1. The van der Waals surface area contributed by atoms with E-state index in [2.05, 4.69) is 32.1 Å². The van der Waals surface area contributed by atoms with Gasteiger partial charge < -0.3 is 4.74 Å². The molecule has 0 spiro atoms. The van der Waals surface area contributed by atoms with Crippen LogP contribution in [0, 0.1) is 0 Å². The predicted molar refractivity (Wildman–Crippen MR) is 71.3 cm³/mol. The highest BCUT2D eigenvalue weighted by atomic mass is 79.9. The fourth-order valence-corrected chi connectivity index (χ4v) is 2.69. The van der Waals surface area contributed by atoms with Gasteiger partial charge in [-0.3, -0.25) is 0 Å². The summed E-state index contributed by atoms with van der Waals surface area (Å²) in [4.78, 5) is 4.17. The van der Waals surface area contributed by atoms with Crippen molar-refractivity contribution >= 4 is 27.7 Å². The monoisotopic (exact) mass is 313 g/mol. The second-order valence-electron chi connectivity index (χ2n) is 3.41. The van der Waals surface area contributed by atoms with Crippen molar-refractivity contribution in [2.24, 2.45) is 7.05 Å². The molecule has 0 aliphatic heterocycles. The third-order valence-electron chi connectivity index (χ3n) is 2.27. The van der Waals surface area contributed by atoms with E-state index in [1.807, 2.05) is 19.2 Å². The van der Waals surface area contributed by atoms with Crippen molar-refractivity contribution < 1.29 is 4.74 Å². The number of hydrogen-bond donors (Lipinski definition) is 0. The van der Waals surface area contributed by atoms with Crippen LogP contribution in [0.4, 0.5) is 0 Å². The second kappa shape index (κ2) is 5.55. The van der Waals surface area contributed by atoms with Gasteiger partial charge in [0, 0.05) is 22.8 Å². The molecule has 0 unspecified atom stereocenters. The number of benzene rings is 1. The number of hydrogen-bond acceptors (Lipinski definition) is 4. The van der Waals surface area contributed by atoms with E-state index in [-0.39, 0.29) is 0 Å². The Bertz CT molecular complexity index is 515. The van der Waals surface area contributed by atoms with Gasteiger partial charge in [0.25, 0.3) is 0 Å². The fraction of sp³-hybridized carbons (Fsp3) is 0.273. The number of ether oxygens (including phenoxy) is 1. The molecule has 0 radical (unpaired) electrons. The molecule has 6 heteroatoms. The van der Waals surface area contributed by atoms with Crippen molar-refractivity contribution in [1.82, 2.24) is 14.8 Å². The number of rotatable bonds is 4. The summed E-state index contributed by atoms with van der Waals surface area (Å²) < 4.78 is 8.13. The van der Waals surface area contributed by atoms with Crippen molar-refractivity contribution in [3.63, 3.8) is 0 Å². The number of nitrogens with zero attached hydrogens (tertiary/aromatic N) is 3. The van der Waals surface area contributed by atoms with Crippen LogP contribution in [0.15, 0.2) is 34.2 Å². The van der Waals surface area contributed by atoms with Crippen LogP contribution >= 0.6 is 27.7 Å². The van der Waals surface area contributed by atoms with E-state index in [0.717, 1.165) is 26.7 Å². The van der Waals surface area contributed by atoms with Crippen LogP contribution in [0.2, 0.25) is 0 Å². The fourth-order valence-electron chi connectivity index (χ4n) is 1.42. The first-order chi connectivity index (χ1) is 8.20. The van der Waals surface area contributed by atoms with E-state index in [1.54, 1.807) is 29.9 Å². The molecule has 1 heterocycles. The van der Waals surface area contributed by atoms with E-state index in [1.165, 1.54) is 0 Å². The Kier molecular flexibility index (Phi) is 4.06. The van der Waals surface area contributed by atoms with Crippen molar-refractivity contribution in [1.29, 1.82) is 0 Å². The third kappa shape index (κ3) is 3.01. The Morgan fingerprint density at radius 1 is 1.47 bits per heavy atom. The molecular weight excluding hydrogens is 302 g/mol. The van der Waals surface area contributed by atoms with Crippen molar-refractivity contribution in [3.8, 4) is 5.75 Å². The average molecular weight is 314 g/mol. The van der Waals surface area contributed by atoms with Gasteiger partial charge in [-0.2, -0.15) is 5.10 Å². The molecule has 0 saturated heterocycles. The molecule has 0 fully saturated rings. The Hall–Kier alpha value is -1.01. The van der Waals surface area contributed by atoms with Gasteiger partial charge in [-0.15, -0.1) is 0 Å². The zero-order valence-corrected chi connectivity index (χ0v) is 12.0. The largest absolute Gasteiger partial charge is 0.496 e. The molecule has 90 valence electrons. The summed E-state index contributed by atoms with van der Waals surface area (Å²) in [7, 11) is 3.56. The minimum absolute atomic E-state index is 0.801. The maximum atomic E-state index is 5.32. The summed E-state index contributed by atoms with van der Waals surface area (Å²) in [5, 5.41) is 4.93. The van der Waals surface area contributed by atoms with Crippen LogP contribution in [0.3, 0.4) is 0 Å². The molecule has 0 aliphatic carbocycles. The maximum absolute atomic E-state index is 5.32. The number of thioether (sulfide) groups is 1. The third-order valence-corrected chi connectivity index (χ3v) is 3.85. The van der Waals surface area contributed by atoms with Crippen LogP contribution in [0.1, 0.15) is 5.56 Å². The lowest BCUT2D eigenvalue weighted by molar-refractivity contribution is 0.411. The highest BCUT2D eigenvalue weighted by Gasteiger charge is 2.07. The van der Waals surface area contributed by atoms with Gasteiger partial charge in [0.2, 0.25) is 0 Å². The summed E-state index contributed by atoms with van der Waals surface area (Å²) in [6, 6.07) is 5.98. The van der Waals surface area contributed by atoms with Crippen molar-refractivity contribution in [3.05, 3.63) is 34.6 Å². The number of aromatic nitrogens is 3. The van der Waals surface area contributed by atoms with Crippen LogP contribution in [-0.4, -0.2) is 21.9 Å². The lowest BCUT2D eigenvalue weighted by atomic mass is 10.2. The molecule has 0 bridgehead atoms. The standard InChI is InChI=1S/C11H12BrN3OS/c1-15-11(13-7-14-15)17-6-8-5-9(12)3-4-10(8)16-2/h3-5,7H,6H2,1-2H3. The first-order valence-electron chi connectivity index (χ1n) is 5.00. The summed E-state index contributed by atoms with van der Waals surface area (Å²) in [5.41, 5.74) is 1.13. The van der Waals surface area contributed by atoms with Crippen LogP contribution in [-0.2, 0) is 12.8 Å². The molecule has 0 N–H and O–H groups in total. The van der Waals surface area contributed by atoms with Gasteiger partial charge in [-0.1, -0.05) is 27.7 Å². The van der Waals surface area contributed by atoms with E-state index in [9.17, 15) is 0 Å². The summed E-state index contributed by atoms with van der Waals surface area (Å²) >= 11 is 5.09. The van der Waals surface area contributed by atoms with Gasteiger partial charge in [0.05, 0.1) is 7.11 Å². The van der Waals surface area contributed by atoms with E-state index in [0.29, 0.717) is 0 Å². The SMILES string of the molecule is COc1ccc(Br)cc1CSc1ncnn1C. The molecule has 1 aromatic heterocycles. The molecule has 1 aromatic carbocycles. The molecule has 0 amide bonds. The van der Waals surface area contributed by atoms with Crippen LogP contribution < -0.4 is 4.74 Å².